The topological polar surface area (TPSA) is 140 Å². The van der Waals surface area contributed by atoms with Gasteiger partial charge in [-0.25, -0.2) is 9.88 Å². The van der Waals surface area contributed by atoms with Crippen molar-refractivity contribution in [2.75, 3.05) is 31.2 Å². The van der Waals surface area contributed by atoms with Crippen molar-refractivity contribution in [1.82, 2.24) is 19.7 Å². The molecule has 0 aromatic carbocycles. The van der Waals surface area contributed by atoms with Crippen LogP contribution in [0.1, 0.15) is 5.69 Å². The summed E-state index contributed by atoms with van der Waals surface area (Å²) in [6, 6.07) is 4.97. The Bertz CT molecular complexity index is 1110. The van der Waals surface area contributed by atoms with Crippen LogP contribution in [-0.4, -0.2) is 93.7 Å². The van der Waals surface area contributed by atoms with Gasteiger partial charge >= 0.3 is 6.10 Å². The van der Waals surface area contributed by atoms with Crippen LogP contribution in [0.4, 0.5) is 5.69 Å². The van der Waals surface area contributed by atoms with Crippen molar-refractivity contribution in [3.05, 3.63) is 29.0 Å². The molecule has 11 nitrogen and oxygen atoms in total. The molecule has 0 aliphatic carbocycles. The highest BCUT2D eigenvalue weighted by molar-refractivity contribution is 6.38. The Morgan fingerprint density at radius 1 is 1.16 bits per heavy atom. The fourth-order valence-corrected chi connectivity index (χ4v) is 3.74. The second-order valence-corrected chi connectivity index (χ2v) is 7.89. The number of furan rings is 1. The van der Waals surface area contributed by atoms with Crippen LogP contribution >= 0.6 is 11.6 Å². The van der Waals surface area contributed by atoms with E-state index in [1.807, 2.05) is 0 Å². The van der Waals surface area contributed by atoms with Gasteiger partial charge in [0.05, 0.1) is 24.6 Å². The Hall–Kier alpha value is -2.12. The molecule has 0 bridgehead atoms. The van der Waals surface area contributed by atoms with E-state index in [0.717, 1.165) is 5.69 Å². The smallest absolute Gasteiger partial charge is 0.347 e. The lowest BCUT2D eigenvalue weighted by Crippen LogP contribution is -2.61. The second-order valence-electron chi connectivity index (χ2n) is 7.50. The van der Waals surface area contributed by atoms with E-state index in [1.165, 1.54) is 4.68 Å². The van der Waals surface area contributed by atoms with Gasteiger partial charge in [-0.05, 0) is 6.07 Å². The number of halogens is 1. The lowest BCUT2D eigenvalue weighted by Gasteiger charge is -2.40. The standard InChI is InChI=1S/C18H20B2ClN5O6/c1-24-10(9-26(17(19,20)27)18(28,29)30)6-11(23-24)14-7-12-16(32-14)13(8-15(21)22-12)25-2-4-31-5-3-25/h6-8,27-30H,2-5,9H2,1H3. The predicted octanol–water partition coefficient (Wildman–Crippen LogP) is -0.951. The number of nitrogens with zero attached hydrogens (tertiary/aromatic N) is 5. The van der Waals surface area contributed by atoms with E-state index in [0.29, 0.717) is 59.7 Å². The van der Waals surface area contributed by atoms with Gasteiger partial charge in [0.2, 0.25) is 0 Å². The van der Waals surface area contributed by atoms with Crippen LogP contribution in [0, 0.1) is 0 Å². The van der Waals surface area contributed by atoms with Gasteiger partial charge in [-0.3, -0.25) is 4.68 Å². The first kappa shape index (κ1) is 23.1. The molecule has 32 heavy (non-hydrogen) atoms. The maximum absolute atomic E-state index is 9.78. The van der Waals surface area contributed by atoms with Gasteiger partial charge in [0, 0.05) is 44.3 Å². The van der Waals surface area contributed by atoms with Crippen molar-refractivity contribution in [1.29, 1.82) is 0 Å². The van der Waals surface area contributed by atoms with Gasteiger partial charge in [-0.2, -0.15) is 5.10 Å². The monoisotopic (exact) mass is 459 g/mol. The minimum atomic E-state index is -3.48. The molecular weight excluding hydrogens is 439 g/mol. The van der Waals surface area contributed by atoms with E-state index in [4.69, 9.17) is 36.4 Å². The Morgan fingerprint density at radius 2 is 1.84 bits per heavy atom. The summed E-state index contributed by atoms with van der Waals surface area (Å²) in [5.41, 5.74) is -0.133. The lowest BCUT2D eigenvalue weighted by molar-refractivity contribution is -0.414. The number of ether oxygens (including phenoxy) is 1. The summed E-state index contributed by atoms with van der Waals surface area (Å²) in [7, 11) is 12.2. The van der Waals surface area contributed by atoms with Crippen molar-refractivity contribution in [3.63, 3.8) is 0 Å². The maximum atomic E-state index is 9.78. The number of morpholine rings is 1. The molecule has 4 radical (unpaired) electrons. The van der Waals surface area contributed by atoms with E-state index in [9.17, 15) is 20.4 Å². The molecule has 4 heterocycles. The molecule has 166 valence electrons. The minimum absolute atomic E-state index is 0.261. The molecule has 14 heteroatoms. The molecule has 4 N–H and O–H groups in total. The largest absolute Gasteiger partial charge is 0.450 e. The van der Waals surface area contributed by atoms with Gasteiger partial charge in [0.1, 0.15) is 32.1 Å². The molecule has 0 unspecified atom stereocenters. The first-order valence-corrected chi connectivity index (χ1v) is 10.0. The van der Waals surface area contributed by atoms with Crippen LogP contribution in [0.5, 0.6) is 0 Å². The number of rotatable bonds is 6. The summed E-state index contributed by atoms with van der Waals surface area (Å²) in [5, 5.41) is 43.0. The summed E-state index contributed by atoms with van der Waals surface area (Å²) >= 11 is 6.22. The highest BCUT2D eigenvalue weighted by atomic mass is 35.5. The van der Waals surface area contributed by atoms with E-state index < -0.39 is 18.2 Å². The molecule has 0 atom stereocenters. The van der Waals surface area contributed by atoms with Crippen molar-refractivity contribution in [3.8, 4) is 11.5 Å². The van der Waals surface area contributed by atoms with Crippen LogP contribution in [0.2, 0.25) is 5.15 Å². The number of aryl methyl sites for hydroxylation is 1. The van der Waals surface area contributed by atoms with Gasteiger partial charge in [-0.1, -0.05) is 11.6 Å². The highest BCUT2D eigenvalue weighted by Gasteiger charge is 2.39. The first-order chi connectivity index (χ1) is 14.9. The van der Waals surface area contributed by atoms with Crippen molar-refractivity contribution >= 4 is 44.1 Å². The van der Waals surface area contributed by atoms with Gasteiger partial charge in [0.25, 0.3) is 0 Å². The maximum Gasteiger partial charge on any atom is 0.347 e. The Balaban J connectivity index is 1.70. The summed E-state index contributed by atoms with van der Waals surface area (Å²) in [6.07, 6.45) is -3.48. The molecule has 3 aromatic heterocycles. The van der Waals surface area contributed by atoms with Crippen LogP contribution in [0.15, 0.2) is 22.6 Å². The van der Waals surface area contributed by atoms with E-state index in [1.54, 1.807) is 25.2 Å². The summed E-state index contributed by atoms with van der Waals surface area (Å²) in [6.45, 7) is 2.08. The van der Waals surface area contributed by atoms with Crippen molar-refractivity contribution in [2.24, 2.45) is 7.05 Å². The zero-order valence-electron chi connectivity index (χ0n) is 17.1. The molecule has 3 aromatic rings. The summed E-state index contributed by atoms with van der Waals surface area (Å²) in [4.78, 5) is 6.68. The van der Waals surface area contributed by atoms with E-state index in [2.05, 4.69) is 15.0 Å². The number of aliphatic hydroxyl groups is 4. The first-order valence-electron chi connectivity index (χ1n) is 9.64. The number of pyridine rings is 1. The quantitative estimate of drug-likeness (QED) is 0.207. The number of hydrogen-bond acceptors (Lipinski definition) is 10. The average Bonchev–Trinajstić information content (AvgIpc) is 3.27. The average molecular weight is 459 g/mol. The summed E-state index contributed by atoms with van der Waals surface area (Å²) in [5.74, 6) is 0.386. The predicted molar refractivity (Wildman–Crippen MR) is 116 cm³/mol. The lowest BCUT2D eigenvalue weighted by atomic mass is 9.72. The van der Waals surface area contributed by atoms with Crippen molar-refractivity contribution in [2.45, 2.75) is 18.2 Å². The van der Waals surface area contributed by atoms with Gasteiger partial charge in [0.15, 0.2) is 11.3 Å². The number of anilines is 1. The van der Waals surface area contributed by atoms with E-state index >= 15 is 0 Å². The van der Waals surface area contributed by atoms with Crippen LogP contribution in [0.3, 0.4) is 0 Å². The Labute approximate surface area is 190 Å². The fourth-order valence-electron chi connectivity index (χ4n) is 3.55. The molecule has 0 saturated carbocycles. The van der Waals surface area contributed by atoms with Crippen LogP contribution in [0.25, 0.3) is 22.6 Å². The molecule has 1 aliphatic rings. The molecule has 1 aliphatic heterocycles. The van der Waals surface area contributed by atoms with Gasteiger partial charge < -0.3 is 34.5 Å². The Kier molecular flexibility index (Phi) is 6.01. The number of fused-ring (bicyclic) bond motifs is 1. The zero-order valence-corrected chi connectivity index (χ0v) is 17.9. The second kappa shape index (κ2) is 8.34. The fraction of sp³-hybridized carbons (Fsp3) is 0.444. The molecule has 4 rings (SSSR count). The third-order valence-electron chi connectivity index (χ3n) is 5.12. The van der Waals surface area contributed by atoms with Gasteiger partial charge in [-0.15, -0.1) is 0 Å². The molecule has 0 amide bonds. The van der Waals surface area contributed by atoms with Crippen molar-refractivity contribution < 1.29 is 29.6 Å². The number of aromatic nitrogens is 3. The normalized spacial score (nSPS) is 15.8. The highest BCUT2D eigenvalue weighted by Crippen LogP contribution is 2.35. The van der Waals surface area contributed by atoms with E-state index in [-0.39, 0.29) is 4.90 Å². The molecular formula is C18H20B2ClN5O6. The molecule has 1 fully saturated rings. The molecule has 1 saturated heterocycles. The summed E-state index contributed by atoms with van der Waals surface area (Å²) < 4.78 is 12.9. The van der Waals surface area contributed by atoms with Crippen LogP contribution < -0.4 is 4.90 Å². The minimum Gasteiger partial charge on any atom is -0.450 e. The zero-order chi connectivity index (χ0) is 23.3. The SMILES string of the molecule is [B]C([B])(O)N(Cc1cc(-c2cc3nc(Cl)cc(N4CCOCC4)c3o2)nn1C)C(O)(O)O. The van der Waals surface area contributed by atoms with Crippen LogP contribution in [-0.2, 0) is 18.3 Å². The Morgan fingerprint density at radius 3 is 2.47 bits per heavy atom. The third-order valence-corrected chi connectivity index (χ3v) is 5.32. The molecule has 0 spiro atoms. The third kappa shape index (κ3) is 4.64. The number of hydrogen-bond donors (Lipinski definition) is 4.